The molecule has 5 nitrogen and oxygen atoms in total. The van der Waals surface area contributed by atoms with Gasteiger partial charge in [0.15, 0.2) is 0 Å². The largest absolute Gasteiger partial charge is 0.417 e. The fourth-order valence-corrected chi connectivity index (χ4v) is 1.55. The first-order chi connectivity index (χ1) is 9.06. The predicted molar refractivity (Wildman–Crippen MR) is 71.0 cm³/mol. The van der Waals surface area contributed by atoms with Gasteiger partial charge in [-0.1, -0.05) is 37.6 Å². The highest BCUT2D eigenvalue weighted by Crippen LogP contribution is 2.12. The minimum absolute atomic E-state index is 0.0161. The first-order valence-electron chi connectivity index (χ1n) is 5.92. The maximum atomic E-state index is 11.8. The fourth-order valence-electron chi connectivity index (χ4n) is 1.42. The van der Waals surface area contributed by atoms with Gasteiger partial charge in [0.25, 0.3) is 0 Å². The zero-order valence-corrected chi connectivity index (χ0v) is 11.4. The summed E-state index contributed by atoms with van der Waals surface area (Å²) in [6.07, 6.45) is 0. The lowest BCUT2D eigenvalue weighted by atomic mass is 10.2. The van der Waals surface area contributed by atoms with Crippen molar-refractivity contribution in [2.45, 2.75) is 26.3 Å². The first kappa shape index (κ1) is 13.5. The topological polar surface area (TPSA) is 68.0 Å². The fraction of sp³-hybridized carbons (Fsp3) is 0.308. The van der Waals surface area contributed by atoms with Crippen molar-refractivity contribution >= 4 is 17.5 Å². The van der Waals surface area contributed by atoms with E-state index in [1.807, 2.05) is 26.0 Å². The quantitative estimate of drug-likeness (QED) is 0.934. The smallest absolute Gasteiger partial charge is 0.309 e. The van der Waals surface area contributed by atoms with E-state index in [1.54, 1.807) is 12.1 Å². The van der Waals surface area contributed by atoms with Crippen LogP contribution in [-0.4, -0.2) is 16.1 Å². The molecule has 2 aromatic rings. The van der Waals surface area contributed by atoms with Crippen LogP contribution in [-0.2, 0) is 6.54 Å². The Labute approximate surface area is 116 Å². The molecule has 6 heteroatoms. The molecule has 1 heterocycles. The number of rotatable bonds is 4. The lowest BCUT2D eigenvalue weighted by molar-refractivity contribution is 0.0914. The van der Waals surface area contributed by atoms with Gasteiger partial charge in [-0.15, -0.1) is 10.2 Å². The monoisotopic (exact) mass is 279 g/mol. The molecule has 0 saturated heterocycles. The molecule has 1 aromatic carbocycles. The van der Waals surface area contributed by atoms with Gasteiger partial charge in [0.05, 0.1) is 0 Å². The molecule has 0 fully saturated rings. The Kier molecular flexibility index (Phi) is 4.16. The Bertz CT molecular complexity index is 564. The van der Waals surface area contributed by atoms with E-state index in [-0.39, 0.29) is 17.7 Å². The van der Waals surface area contributed by atoms with Crippen LogP contribution >= 0.6 is 11.6 Å². The molecule has 0 unspecified atom stereocenters. The first-order valence-corrected chi connectivity index (χ1v) is 6.30. The minimum Gasteiger partial charge on any atom is -0.417 e. The molecule has 0 aliphatic rings. The highest BCUT2D eigenvalue weighted by molar-refractivity contribution is 6.30. The molecular formula is C13H14ClN3O2. The zero-order valence-electron chi connectivity index (χ0n) is 10.7. The van der Waals surface area contributed by atoms with Gasteiger partial charge in [0, 0.05) is 17.5 Å². The molecule has 1 aromatic heterocycles. The Morgan fingerprint density at radius 3 is 2.58 bits per heavy atom. The Balaban J connectivity index is 1.95. The Hall–Kier alpha value is -1.88. The summed E-state index contributed by atoms with van der Waals surface area (Å²) >= 11 is 5.78. The van der Waals surface area contributed by atoms with Gasteiger partial charge in [-0.3, -0.25) is 4.79 Å². The molecule has 1 N–H and O–H groups in total. The molecule has 0 bridgehead atoms. The van der Waals surface area contributed by atoms with E-state index in [0.29, 0.717) is 17.5 Å². The molecule has 1 amide bonds. The van der Waals surface area contributed by atoms with Crippen LogP contribution in [0, 0.1) is 0 Å². The van der Waals surface area contributed by atoms with Crippen molar-refractivity contribution in [2.75, 3.05) is 0 Å². The molecule has 19 heavy (non-hydrogen) atoms. The van der Waals surface area contributed by atoms with Crippen molar-refractivity contribution in [2.24, 2.45) is 0 Å². The zero-order chi connectivity index (χ0) is 13.8. The van der Waals surface area contributed by atoms with E-state index in [2.05, 4.69) is 15.5 Å². The summed E-state index contributed by atoms with van der Waals surface area (Å²) in [4.78, 5) is 11.8. The number of hydrogen-bond donors (Lipinski definition) is 1. The third-order valence-electron chi connectivity index (χ3n) is 2.50. The number of amides is 1. The number of carbonyl (C=O) groups excluding carboxylic acids is 1. The lowest BCUT2D eigenvalue weighted by Gasteiger charge is -2.02. The third kappa shape index (κ3) is 3.54. The van der Waals surface area contributed by atoms with Gasteiger partial charge in [-0.25, -0.2) is 0 Å². The number of nitrogens with one attached hydrogen (secondary N) is 1. The number of halogens is 1. The lowest BCUT2D eigenvalue weighted by Crippen LogP contribution is -2.23. The summed E-state index contributed by atoms with van der Waals surface area (Å²) in [5, 5.41) is 10.9. The number of nitrogens with zero attached hydrogens (tertiary/aromatic N) is 2. The van der Waals surface area contributed by atoms with Gasteiger partial charge in [0.1, 0.15) is 0 Å². The number of aromatic nitrogens is 2. The van der Waals surface area contributed by atoms with Crippen LogP contribution in [0.15, 0.2) is 28.7 Å². The van der Waals surface area contributed by atoms with Crippen LogP contribution in [0.4, 0.5) is 0 Å². The van der Waals surface area contributed by atoms with Crippen LogP contribution < -0.4 is 5.32 Å². The van der Waals surface area contributed by atoms with Crippen molar-refractivity contribution in [1.29, 1.82) is 0 Å². The minimum atomic E-state index is -0.380. The van der Waals surface area contributed by atoms with E-state index in [0.717, 1.165) is 5.56 Å². The summed E-state index contributed by atoms with van der Waals surface area (Å²) in [6, 6.07) is 7.23. The molecule has 0 saturated carbocycles. The molecule has 0 radical (unpaired) electrons. The average molecular weight is 280 g/mol. The van der Waals surface area contributed by atoms with Gasteiger partial charge in [0.2, 0.25) is 5.89 Å². The maximum Gasteiger partial charge on any atom is 0.309 e. The van der Waals surface area contributed by atoms with Gasteiger partial charge in [-0.2, -0.15) is 0 Å². The second-order valence-corrected chi connectivity index (χ2v) is 4.85. The normalized spacial score (nSPS) is 10.7. The molecule has 2 rings (SSSR count). The van der Waals surface area contributed by atoms with Gasteiger partial charge < -0.3 is 9.73 Å². The molecular weight excluding hydrogens is 266 g/mol. The van der Waals surface area contributed by atoms with Crippen molar-refractivity contribution in [1.82, 2.24) is 15.5 Å². The van der Waals surface area contributed by atoms with Crippen molar-refractivity contribution in [3.63, 3.8) is 0 Å². The predicted octanol–water partition coefficient (Wildman–Crippen LogP) is 2.78. The van der Waals surface area contributed by atoms with Crippen molar-refractivity contribution < 1.29 is 9.21 Å². The maximum absolute atomic E-state index is 11.8. The van der Waals surface area contributed by atoms with E-state index < -0.39 is 0 Å². The van der Waals surface area contributed by atoms with Crippen molar-refractivity contribution in [3.8, 4) is 0 Å². The van der Waals surface area contributed by atoms with E-state index >= 15 is 0 Å². The van der Waals surface area contributed by atoms with E-state index in [4.69, 9.17) is 16.0 Å². The summed E-state index contributed by atoms with van der Waals surface area (Å²) in [7, 11) is 0. The average Bonchev–Trinajstić information content (AvgIpc) is 2.87. The van der Waals surface area contributed by atoms with Crippen molar-refractivity contribution in [3.05, 3.63) is 46.6 Å². The standard InChI is InChI=1S/C13H14ClN3O2/c1-8(2)12-16-17-13(19-12)11(18)15-7-9-3-5-10(14)6-4-9/h3-6,8H,7H2,1-2H3,(H,15,18). The Morgan fingerprint density at radius 2 is 2.00 bits per heavy atom. The SMILES string of the molecule is CC(C)c1nnc(C(=O)NCc2ccc(Cl)cc2)o1. The molecule has 0 atom stereocenters. The molecule has 100 valence electrons. The van der Waals surface area contributed by atoms with E-state index in [1.165, 1.54) is 0 Å². The highest BCUT2D eigenvalue weighted by atomic mass is 35.5. The summed E-state index contributed by atoms with van der Waals surface area (Å²) in [6.45, 7) is 4.22. The summed E-state index contributed by atoms with van der Waals surface area (Å²) in [5.74, 6) is 0.161. The van der Waals surface area contributed by atoms with E-state index in [9.17, 15) is 4.79 Å². The molecule has 0 aliphatic heterocycles. The van der Waals surface area contributed by atoms with Crippen LogP contribution in [0.1, 0.15) is 41.9 Å². The molecule has 0 spiro atoms. The molecule has 0 aliphatic carbocycles. The summed E-state index contributed by atoms with van der Waals surface area (Å²) < 4.78 is 5.26. The van der Waals surface area contributed by atoms with Gasteiger partial charge in [-0.05, 0) is 17.7 Å². The van der Waals surface area contributed by atoms with Gasteiger partial charge >= 0.3 is 11.8 Å². The number of carbonyl (C=O) groups is 1. The van der Waals surface area contributed by atoms with Crippen LogP contribution in [0.5, 0.6) is 0 Å². The highest BCUT2D eigenvalue weighted by Gasteiger charge is 2.15. The van der Waals surface area contributed by atoms with Crippen LogP contribution in [0.2, 0.25) is 5.02 Å². The third-order valence-corrected chi connectivity index (χ3v) is 2.75. The number of benzene rings is 1. The van der Waals surface area contributed by atoms with Crippen LogP contribution in [0.3, 0.4) is 0 Å². The summed E-state index contributed by atoms with van der Waals surface area (Å²) in [5.41, 5.74) is 0.946. The Morgan fingerprint density at radius 1 is 1.32 bits per heavy atom. The second kappa shape index (κ2) is 5.84. The second-order valence-electron chi connectivity index (χ2n) is 4.41. The van der Waals surface area contributed by atoms with Crippen LogP contribution in [0.25, 0.3) is 0 Å². The number of hydrogen-bond acceptors (Lipinski definition) is 4.